The Morgan fingerprint density at radius 1 is 1.00 bits per heavy atom. The van der Waals surface area contributed by atoms with Gasteiger partial charge in [0.25, 0.3) is 5.91 Å². The summed E-state index contributed by atoms with van der Waals surface area (Å²) in [6, 6.07) is 17.7. The average Bonchev–Trinajstić information content (AvgIpc) is 3.57. The number of benzene rings is 2. The molecule has 1 aliphatic carbocycles. The summed E-state index contributed by atoms with van der Waals surface area (Å²) in [7, 11) is 0. The Bertz CT molecular complexity index is 899. The van der Waals surface area contributed by atoms with Gasteiger partial charge in [0.2, 0.25) is 5.91 Å². The van der Waals surface area contributed by atoms with Crippen LogP contribution in [-0.2, 0) is 14.9 Å². The molecule has 1 heterocycles. The number of morpholine rings is 1. The van der Waals surface area contributed by atoms with Gasteiger partial charge >= 0.3 is 0 Å². The van der Waals surface area contributed by atoms with Gasteiger partial charge in [0.1, 0.15) is 0 Å². The van der Waals surface area contributed by atoms with E-state index in [1.165, 1.54) is 5.56 Å². The summed E-state index contributed by atoms with van der Waals surface area (Å²) < 4.78 is 5.70. The fraction of sp³-hybridized carbons (Fsp3) is 0.440. The van der Waals surface area contributed by atoms with E-state index < -0.39 is 0 Å². The molecule has 2 fully saturated rings. The number of hydrogen-bond acceptors (Lipinski definition) is 4. The standard InChI is InChI=1S/C25H31N3O3/c1-18-15-28(16-19(2)31-18)24(30)20-8-10-22(11-9-20)26-14-23(29)27-17-25(12-13-25)21-6-4-3-5-7-21/h3-11,18-19,26H,12-17H2,1-2H3,(H,27,29). The average molecular weight is 422 g/mol. The van der Waals surface area contributed by atoms with Crippen LogP contribution in [0.4, 0.5) is 5.69 Å². The Morgan fingerprint density at radius 3 is 2.26 bits per heavy atom. The van der Waals surface area contributed by atoms with E-state index >= 15 is 0 Å². The first kappa shape index (κ1) is 21.4. The van der Waals surface area contributed by atoms with Crippen molar-refractivity contribution in [1.82, 2.24) is 10.2 Å². The highest BCUT2D eigenvalue weighted by molar-refractivity contribution is 5.94. The van der Waals surface area contributed by atoms with Crippen molar-refractivity contribution < 1.29 is 14.3 Å². The van der Waals surface area contributed by atoms with E-state index in [1.807, 2.05) is 61.2 Å². The minimum atomic E-state index is -0.0290. The zero-order valence-corrected chi connectivity index (χ0v) is 18.3. The quantitative estimate of drug-likeness (QED) is 0.720. The van der Waals surface area contributed by atoms with Gasteiger partial charge in [-0.2, -0.15) is 0 Å². The lowest BCUT2D eigenvalue weighted by molar-refractivity contribution is -0.119. The van der Waals surface area contributed by atoms with Crippen molar-refractivity contribution in [2.75, 3.05) is 31.5 Å². The van der Waals surface area contributed by atoms with Crippen LogP contribution in [-0.4, -0.2) is 55.1 Å². The van der Waals surface area contributed by atoms with Crippen molar-refractivity contribution in [2.45, 2.75) is 44.3 Å². The Labute approximate surface area is 184 Å². The zero-order valence-electron chi connectivity index (χ0n) is 18.3. The van der Waals surface area contributed by atoms with Gasteiger partial charge < -0.3 is 20.3 Å². The maximum Gasteiger partial charge on any atom is 0.254 e. The van der Waals surface area contributed by atoms with Gasteiger partial charge in [-0.1, -0.05) is 30.3 Å². The Morgan fingerprint density at radius 2 is 1.65 bits per heavy atom. The first-order chi connectivity index (χ1) is 14.9. The number of carbonyl (C=O) groups is 2. The predicted molar refractivity (Wildman–Crippen MR) is 121 cm³/mol. The molecule has 0 aromatic heterocycles. The molecule has 1 saturated carbocycles. The normalized spacial score (nSPS) is 21.9. The lowest BCUT2D eigenvalue weighted by Gasteiger charge is -2.35. The maximum atomic E-state index is 12.8. The summed E-state index contributed by atoms with van der Waals surface area (Å²) in [5.41, 5.74) is 2.87. The molecule has 31 heavy (non-hydrogen) atoms. The Kier molecular flexibility index (Phi) is 6.28. The van der Waals surface area contributed by atoms with Crippen molar-refractivity contribution in [3.8, 4) is 0 Å². The van der Waals surface area contributed by atoms with E-state index in [0.29, 0.717) is 25.2 Å². The summed E-state index contributed by atoms with van der Waals surface area (Å²) in [4.78, 5) is 26.9. The van der Waals surface area contributed by atoms with Crippen LogP contribution in [0.1, 0.15) is 42.6 Å². The molecule has 164 valence electrons. The smallest absolute Gasteiger partial charge is 0.254 e. The van der Waals surface area contributed by atoms with Gasteiger partial charge in [-0.05, 0) is 56.5 Å². The molecular weight excluding hydrogens is 390 g/mol. The van der Waals surface area contributed by atoms with Gasteiger partial charge in [-0.25, -0.2) is 0 Å². The highest BCUT2D eigenvalue weighted by atomic mass is 16.5. The fourth-order valence-corrected chi connectivity index (χ4v) is 4.28. The first-order valence-electron chi connectivity index (χ1n) is 11.1. The first-order valence-corrected chi connectivity index (χ1v) is 11.1. The second kappa shape index (κ2) is 9.10. The fourth-order valence-electron chi connectivity index (χ4n) is 4.28. The number of nitrogens with zero attached hydrogens (tertiary/aromatic N) is 1. The maximum absolute atomic E-state index is 12.8. The lowest BCUT2D eigenvalue weighted by Crippen LogP contribution is -2.48. The van der Waals surface area contributed by atoms with Gasteiger partial charge in [0.05, 0.1) is 18.8 Å². The molecule has 0 bridgehead atoms. The predicted octanol–water partition coefficient (Wildman–Crippen LogP) is 3.20. The highest BCUT2D eigenvalue weighted by Gasteiger charge is 2.44. The molecule has 0 radical (unpaired) electrons. The van der Waals surface area contributed by atoms with Gasteiger partial charge in [-0.15, -0.1) is 0 Å². The van der Waals surface area contributed by atoms with E-state index in [4.69, 9.17) is 4.74 Å². The van der Waals surface area contributed by atoms with Crippen molar-refractivity contribution in [2.24, 2.45) is 0 Å². The summed E-state index contributed by atoms with van der Waals surface area (Å²) in [5, 5.41) is 6.20. The molecule has 1 aliphatic heterocycles. The largest absolute Gasteiger partial charge is 0.376 e. The molecule has 2 aromatic rings. The van der Waals surface area contributed by atoms with Crippen LogP contribution in [0, 0.1) is 0 Å². The van der Waals surface area contributed by atoms with Gasteiger partial charge in [0.15, 0.2) is 0 Å². The topological polar surface area (TPSA) is 70.7 Å². The summed E-state index contributed by atoms with van der Waals surface area (Å²) in [5.74, 6) is -0.0133. The minimum Gasteiger partial charge on any atom is -0.376 e. The van der Waals surface area contributed by atoms with E-state index in [2.05, 4.69) is 22.8 Å². The number of nitrogens with one attached hydrogen (secondary N) is 2. The molecule has 2 amide bonds. The van der Waals surface area contributed by atoms with Crippen molar-refractivity contribution in [3.05, 3.63) is 65.7 Å². The Hall–Kier alpha value is -2.86. The molecule has 1 saturated heterocycles. The second-order valence-electron chi connectivity index (χ2n) is 8.82. The van der Waals surface area contributed by atoms with Crippen LogP contribution in [0.15, 0.2) is 54.6 Å². The van der Waals surface area contributed by atoms with Gasteiger partial charge in [-0.3, -0.25) is 9.59 Å². The third-order valence-corrected chi connectivity index (χ3v) is 6.16. The summed E-state index contributed by atoms with van der Waals surface area (Å²) in [6.07, 6.45) is 2.31. The molecule has 2 atom stereocenters. The van der Waals surface area contributed by atoms with Crippen molar-refractivity contribution in [3.63, 3.8) is 0 Å². The highest BCUT2D eigenvalue weighted by Crippen LogP contribution is 2.47. The van der Waals surface area contributed by atoms with Crippen LogP contribution >= 0.6 is 0 Å². The van der Waals surface area contributed by atoms with E-state index in [-0.39, 0.29) is 36.0 Å². The van der Waals surface area contributed by atoms with Crippen LogP contribution < -0.4 is 10.6 Å². The third kappa shape index (κ3) is 5.25. The molecule has 2 unspecified atom stereocenters. The molecular formula is C25H31N3O3. The summed E-state index contributed by atoms with van der Waals surface area (Å²) in [6.45, 7) is 6.05. The van der Waals surface area contributed by atoms with E-state index in [9.17, 15) is 9.59 Å². The SMILES string of the molecule is CC1CN(C(=O)c2ccc(NCC(=O)NCC3(c4ccccc4)CC3)cc2)CC(C)O1. The molecule has 6 nitrogen and oxygen atoms in total. The molecule has 6 heteroatoms. The van der Waals surface area contributed by atoms with Crippen LogP contribution in [0.2, 0.25) is 0 Å². The number of ether oxygens (including phenoxy) is 1. The Balaban J connectivity index is 1.25. The lowest BCUT2D eigenvalue weighted by atomic mass is 9.96. The van der Waals surface area contributed by atoms with Crippen LogP contribution in [0.5, 0.6) is 0 Å². The van der Waals surface area contributed by atoms with Crippen LogP contribution in [0.25, 0.3) is 0 Å². The number of amides is 2. The number of carbonyl (C=O) groups excluding carboxylic acids is 2. The number of rotatable bonds is 7. The molecule has 2 N–H and O–H groups in total. The van der Waals surface area contributed by atoms with Crippen LogP contribution in [0.3, 0.4) is 0 Å². The van der Waals surface area contributed by atoms with Crippen molar-refractivity contribution in [1.29, 1.82) is 0 Å². The number of anilines is 1. The minimum absolute atomic E-state index is 0.0157. The summed E-state index contributed by atoms with van der Waals surface area (Å²) >= 11 is 0. The molecule has 2 aromatic carbocycles. The van der Waals surface area contributed by atoms with Crippen molar-refractivity contribution >= 4 is 17.5 Å². The van der Waals surface area contributed by atoms with E-state index in [1.54, 1.807) is 0 Å². The molecule has 4 rings (SSSR count). The third-order valence-electron chi connectivity index (χ3n) is 6.16. The number of hydrogen-bond donors (Lipinski definition) is 2. The van der Waals surface area contributed by atoms with E-state index in [0.717, 1.165) is 18.5 Å². The van der Waals surface area contributed by atoms with Gasteiger partial charge in [0, 0.05) is 36.3 Å². The zero-order chi connectivity index (χ0) is 21.8. The monoisotopic (exact) mass is 421 g/mol. The molecule has 0 spiro atoms. The second-order valence-corrected chi connectivity index (χ2v) is 8.82. The molecule has 2 aliphatic rings.